The van der Waals surface area contributed by atoms with Gasteiger partial charge in [0, 0.05) is 5.56 Å². The summed E-state index contributed by atoms with van der Waals surface area (Å²) in [7, 11) is 0. The third-order valence-corrected chi connectivity index (χ3v) is 3.08. The molecule has 0 fully saturated rings. The Labute approximate surface area is 120 Å². The minimum atomic E-state index is -1.20. The van der Waals surface area contributed by atoms with Gasteiger partial charge in [-0.3, -0.25) is 0 Å². The molecule has 3 nitrogen and oxygen atoms in total. The van der Waals surface area contributed by atoms with Crippen LogP contribution in [-0.2, 0) is 6.61 Å². The van der Waals surface area contributed by atoms with Gasteiger partial charge in [-0.25, -0.2) is 9.18 Å². The number of halogens is 2. The van der Waals surface area contributed by atoms with E-state index in [1.165, 1.54) is 12.1 Å². The van der Waals surface area contributed by atoms with Crippen LogP contribution in [-0.4, -0.2) is 11.1 Å². The van der Waals surface area contributed by atoms with Crippen molar-refractivity contribution in [3.05, 3.63) is 63.9 Å². The standard InChI is InChI=1S/C15H12ClFO3/c1-9-2-5-13(16)14(6-9)20-8-10-3-4-11(17)7-12(10)15(18)19/h2-7H,8H2,1H3,(H,18,19). The van der Waals surface area contributed by atoms with Gasteiger partial charge in [-0.2, -0.15) is 0 Å². The van der Waals surface area contributed by atoms with Gasteiger partial charge in [0.15, 0.2) is 0 Å². The molecule has 0 spiro atoms. The van der Waals surface area contributed by atoms with Crippen molar-refractivity contribution in [3.8, 4) is 5.75 Å². The summed E-state index contributed by atoms with van der Waals surface area (Å²) in [6.07, 6.45) is 0. The molecule has 1 N–H and O–H groups in total. The zero-order chi connectivity index (χ0) is 14.7. The second-order valence-electron chi connectivity index (χ2n) is 4.33. The fourth-order valence-corrected chi connectivity index (χ4v) is 1.92. The molecule has 0 heterocycles. The molecule has 0 bridgehead atoms. The first kappa shape index (κ1) is 14.3. The zero-order valence-corrected chi connectivity index (χ0v) is 11.4. The summed E-state index contributed by atoms with van der Waals surface area (Å²) in [5, 5.41) is 9.48. The molecule has 104 valence electrons. The van der Waals surface area contributed by atoms with E-state index in [0.29, 0.717) is 16.3 Å². The van der Waals surface area contributed by atoms with Crippen LogP contribution in [0.25, 0.3) is 0 Å². The molecule has 20 heavy (non-hydrogen) atoms. The quantitative estimate of drug-likeness (QED) is 0.925. The highest BCUT2D eigenvalue weighted by Gasteiger charge is 2.12. The number of ether oxygens (including phenoxy) is 1. The minimum absolute atomic E-state index is 0.00505. The van der Waals surface area contributed by atoms with Crippen molar-refractivity contribution in [3.63, 3.8) is 0 Å². The zero-order valence-electron chi connectivity index (χ0n) is 10.7. The molecule has 0 amide bonds. The Morgan fingerprint density at radius 2 is 2.05 bits per heavy atom. The number of carboxylic acid groups (broad SMARTS) is 1. The molecular weight excluding hydrogens is 283 g/mol. The van der Waals surface area contributed by atoms with Crippen LogP contribution in [0, 0.1) is 12.7 Å². The van der Waals surface area contributed by atoms with Crippen molar-refractivity contribution in [2.45, 2.75) is 13.5 Å². The number of carboxylic acids is 1. The Morgan fingerprint density at radius 1 is 1.30 bits per heavy atom. The number of hydrogen-bond donors (Lipinski definition) is 1. The van der Waals surface area contributed by atoms with Crippen LogP contribution < -0.4 is 4.74 Å². The predicted octanol–water partition coefficient (Wildman–Crippen LogP) is 4.06. The van der Waals surface area contributed by atoms with E-state index >= 15 is 0 Å². The average Bonchev–Trinajstić information content (AvgIpc) is 2.40. The number of aryl methyl sites for hydroxylation is 1. The Morgan fingerprint density at radius 3 is 2.75 bits per heavy atom. The molecule has 0 saturated heterocycles. The highest BCUT2D eigenvalue weighted by atomic mass is 35.5. The van der Waals surface area contributed by atoms with E-state index in [1.54, 1.807) is 12.1 Å². The SMILES string of the molecule is Cc1ccc(Cl)c(OCc2ccc(F)cc2C(=O)O)c1. The van der Waals surface area contributed by atoms with Crippen molar-refractivity contribution in [1.82, 2.24) is 0 Å². The summed E-state index contributed by atoms with van der Waals surface area (Å²) in [6.45, 7) is 1.90. The van der Waals surface area contributed by atoms with Gasteiger partial charge in [-0.15, -0.1) is 0 Å². The third kappa shape index (κ3) is 3.27. The molecule has 5 heteroatoms. The summed E-state index contributed by atoms with van der Waals surface area (Å²) in [5.41, 5.74) is 1.24. The normalized spacial score (nSPS) is 10.3. The molecule has 0 aliphatic carbocycles. The molecule has 2 aromatic carbocycles. The minimum Gasteiger partial charge on any atom is -0.487 e. The highest BCUT2D eigenvalue weighted by Crippen LogP contribution is 2.26. The molecule has 0 aromatic heterocycles. The second kappa shape index (κ2) is 5.92. The summed E-state index contributed by atoms with van der Waals surface area (Å²) in [4.78, 5) is 11.1. The van der Waals surface area contributed by atoms with Crippen molar-refractivity contribution in [2.24, 2.45) is 0 Å². The maximum absolute atomic E-state index is 13.1. The first-order valence-electron chi connectivity index (χ1n) is 5.88. The molecule has 0 atom stereocenters. The van der Waals surface area contributed by atoms with E-state index in [4.69, 9.17) is 21.4 Å². The van der Waals surface area contributed by atoms with Crippen molar-refractivity contribution in [1.29, 1.82) is 0 Å². The fourth-order valence-electron chi connectivity index (χ4n) is 1.75. The van der Waals surface area contributed by atoms with Crippen LogP contribution in [0.15, 0.2) is 36.4 Å². The van der Waals surface area contributed by atoms with Gasteiger partial charge in [0.1, 0.15) is 18.2 Å². The van der Waals surface area contributed by atoms with E-state index in [9.17, 15) is 9.18 Å². The maximum atomic E-state index is 13.1. The predicted molar refractivity (Wildman–Crippen MR) is 73.9 cm³/mol. The molecular formula is C15H12ClFO3. The Hall–Kier alpha value is -2.07. The van der Waals surface area contributed by atoms with Crippen molar-refractivity contribution < 1.29 is 19.0 Å². The van der Waals surface area contributed by atoms with Gasteiger partial charge in [0.25, 0.3) is 0 Å². The lowest BCUT2D eigenvalue weighted by Gasteiger charge is -2.11. The number of benzene rings is 2. The summed E-state index contributed by atoms with van der Waals surface area (Å²) in [6, 6.07) is 8.86. The third-order valence-electron chi connectivity index (χ3n) is 2.77. The lowest BCUT2D eigenvalue weighted by atomic mass is 10.1. The van der Waals surface area contributed by atoms with Gasteiger partial charge < -0.3 is 9.84 Å². The Kier molecular flexibility index (Phi) is 4.25. The lowest BCUT2D eigenvalue weighted by molar-refractivity contribution is 0.0693. The van der Waals surface area contributed by atoms with Crippen LogP contribution in [0.4, 0.5) is 4.39 Å². The molecule has 0 saturated carbocycles. The Balaban J connectivity index is 2.23. The molecule has 0 aliphatic rings. The van der Waals surface area contributed by atoms with Gasteiger partial charge in [0.05, 0.1) is 10.6 Å². The van der Waals surface area contributed by atoms with Gasteiger partial charge in [0.2, 0.25) is 0 Å². The van der Waals surface area contributed by atoms with Gasteiger partial charge in [-0.1, -0.05) is 23.7 Å². The summed E-state index contributed by atoms with van der Waals surface area (Å²) in [5.74, 6) is -1.33. The molecule has 0 unspecified atom stereocenters. The second-order valence-corrected chi connectivity index (χ2v) is 4.74. The van der Waals surface area contributed by atoms with E-state index < -0.39 is 11.8 Å². The summed E-state index contributed by atoms with van der Waals surface area (Å²) >= 11 is 5.99. The average molecular weight is 295 g/mol. The van der Waals surface area contributed by atoms with Crippen LogP contribution in [0.5, 0.6) is 5.75 Å². The van der Waals surface area contributed by atoms with Crippen LogP contribution in [0.2, 0.25) is 5.02 Å². The molecule has 2 aromatic rings. The number of hydrogen-bond acceptors (Lipinski definition) is 2. The van der Waals surface area contributed by atoms with E-state index in [1.807, 2.05) is 13.0 Å². The van der Waals surface area contributed by atoms with E-state index in [2.05, 4.69) is 0 Å². The maximum Gasteiger partial charge on any atom is 0.336 e. The van der Waals surface area contributed by atoms with E-state index in [0.717, 1.165) is 11.6 Å². The Bertz CT molecular complexity index is 656. The fraction of sp³-hybridized carbons (Fsp3) is 0.133. The lowest BCUT2D eigenvalue weighted by Crippen LogP contribution is -2.06. The summed E-state index contributed by atoms with van der Waals surface area (Å²) < 4.78 is 18.6. The highest BCUT2D eigenvalue weighted by molar-refractivity contribution is 6.32. The van der Waals surface area contributed by atoms with Crippen molar-refractivity contribution in [2.75, 3.05) is 0 Å². The first-order valence-corrected chi connectivity index (χ1v) is 6.26. The molecule has 0 aliphatic heterocycles. The molecule has 0 radical (unpaired) electrons. The number of rotatable bonds is 4. The topological polar surface area (TPSA) is 46.5 Å². The largest absolute Gasteiger partial charge is 0.487 e. The van der Waals surface area contributed by atoms with Crippen molar-refractivity contribution >= 4 is 17.6 Å². The van der Waals surface area contributed by atoms with Gasteiger partial charge in [-0.05, 0) is 36.8 Å². The van der Waals surface area contributed by atoms with Crippen LogP contribution in [0.3, 0.4) is 0 Å². The van der Waals surface area contributed by atoms with Crippen LogP contribution in [0.1, 0.15) is 21.5 Å². The van der Waals surface area contributed by atoms with Crippen LogP contribution >= 0.6 is 11.6 Å². The smallest absolute Gasteiger partial charge is 0.336 e. The first-order chi connectivity index (χ1) is 9.47. The van der Waals surface area contributed by atoms with Gasteiger partial charge >= 0.3 is 5.97 Å². The number of aromatic carboxylic acids is 1. The number of carbonyl (C=O) groups is 1. The monoisotopic (exact) mass is 294 g/mol. The molecule has 2 rings (SSSR count). The van der Waals surface area contributed by atoms with E-state index in [-0.39, 0.29) is 12.2 Å².